The molecular formula is C14H25NO3. The zero-order valence-electron chi connectivity index (χ0n) is 12.1. The van der Waals surface area contributed by atoms with Crippen LogP contribution in [-0.4, -0.2) is 23.0 Å². The summed E-state index contributed by atoms with van der Waals surface area (Å²) >= 11 is 0. The van der Waals surface area contributed by atoms with Gasteiger partial charge in [-0.25, -0.2) is 4.79 Å². The highest BCUT2D eigenvalue weighted by Crippen LogP contribution is 2.32. The van der Waals surface area contributed by atoms with E-state index in [0.717, 1.165) is 19.3 Å². The van der Waals surface area contributed by atoms with Crippen LogP contribution in [0.3, 0.4) is 0 Å². The van der Waals surface area contributed by atoms with Crippen molar-refractivity contribution in [3.8, 4) is 0 Å². The van der Waals surface area contributed by atoms with Crippen LogP contribution in [0, 0.1) is 5.92 Å². The summed E-state index contributed by atoms with van der Waals surface area (Å²) in [5, 5.41) is 2.74. The van der Waals surface area contributed by atoms with E-state index >= 15 is 0 Å². The van der Waals surface area contributed by atoms with Crippen LogP contribution in [0.15, 0.2) is 0 Å². The van der Waals surface area contributed by atoms with E-state index in [0.29, 0.717) is 6.42 Å². The van der Waals surface area contributed by atoms with Gasteiger partial charge in [0.25, 0.3) is 0 Å². The van der Waals surface area contributed by atoms with Crippen molar-refractivity contribution >= 4 is 11.9 Å². The highest BCUT2D eigenvalue weighted by atomic mass is 16.6. The monoisotopic (exact) mass is 255 g/mol. The molecule has 1 aliphatic carbocycles. The Morgan fingerprint density at radius 3 is 2.11 bits per heavy atom. The number of Topliss-reactive ketones (excluding diaryl/α,β-unsaturated/α-hetero) is 1. The van der Waals surface area contributed by atoms with Gasteiger partial charge < -0.3 is 10.1 Å². The van der Waals surface area contributed by atoms with Gasteiger partial charge in [-0.05, 0) is 47.0 Å². The van der Waals surface area contributed by atoms with Gasteiger partial charge in [-0.2, -0.15) is 0 Å². The molecule has 4 nitrogen and oxygen atoms in total. The van der Waals surface area contributed by atoms with Crippen molar-refractivity contribution < 1.29 is 14.3 Å². The number of carbonyl (C=O) groups is 2. The normalized spacial score (nSPS) is 19.6. The standard InChI is InChI=1S/C14H25NO3/c1-6-14(5,11(16)10-8-7-9-10)15-12(17)18-13(2,3)4/h10H,6-9H2,1-5H3,(H,15,17). The maximum Gasteiger partial charge on any atom is 0.408 e. The van der Waals surface area contributed by atoms with E-state index in [4.69, 9.17) is 4.74 Å². The van der Waals surface area contributed by atoms with Gasteiger partial charge in [0.1, 0.15) is 5.60 Å². The number of ether oxygens (including phenoxy) is 1. The van der Waals surface area contributed by atoms with E-state index < -0.39 is 17.2 Å². The number of rotatable bonds is 4. The summed E-state index contributed by atoms with van der Waals surface area (Å²) in [7, 11) is 0. The molecule has 1 rings (SSSR count). The highest BCUT2D eigenvalue weighted by molar-refractivity contribution is 5.93. The quantitative estimate of drug-likeness (QED) is 0.840. The first-order valence-electron chi connectivity index (χ1n) is 6.73. The second kappa shape index (κ2) is 5.29. The molecule has 1 atom stereocenters. The maximum absolute atomic E-state index is 12.3. The predicted octanol–water partition coefficient (Wildman–Crippen LogP) is 3.05. The smallest absolute Gasteiger partial charge is 0.408 e. The van der Waals surface area contributed by atoms with Gasteiger partial charge in [-0.15, -0.1) is 0 Å². The van der Waals surface area contributed by atoms with Crippen LogP contribution in [0.2, 0.25) is 0 Å². The summed E-state index contributed by atoms with van der Waals surface area (Å²) in [5.74, 6) is 0.256. The van der Waals surface area contributed by atoms with Gasteiger partial charge in [0.05, 0.1) is 5.54 Å². The first kappa shape index (κ1) is 15.0. The second-order valence-electron chi connectivity index (χ2n) is 6.30. The Morgan fingerprint density at radius 1 is 1.22 bits per heavy atom. The molecule has 0 bridgehead atoms. The van der Waals surface area contributed by atoms with Gasteiger partial charge in [-0.1, -0.05) is 13.3 Å². The van der Waals surface area contributed by atoms with E-state index in [1.165, 1.54) is 0 Å². The number of ketones is 1. The molecule has 0 aliphatic heterocycles. The average Bonchev–Trinajstić information content (AvgIpc) is 2.11. The molecular weight excluding hydrogens is 230 g/mol. The first-order valence-corrected chi connectivity index (χ1v) is 6.73. The molecule has 0 radical (unpaired) electrons. The van der Waals surface area contributed by atoms with E-state index in [2.05, 4.69) is 5.32 Å². The molecule has 4 heteroatoms. The third-order valence-electron chi connectivity index (χ3n) is 3.50. The number of carbonyl (C=O) groups excluding carboxylic acids is 2. The van der Waals surface area contributed by atoms with Crippen LogP contribution in [0.4, 0.5) is 4.79 Å². The van der Waals surface area contributed by atoms with Gasteiger partial charge in [0.2, 0.25) is 0 Å². The Labute approximate surface area is 109 Å². The summed E-state index contributed by atoms with van der Waals surface area (Å²) in [6.45, 7) is 9.13. The molecule has 1 aliphatic rings. The Balaban J connectivity index is 2.64. The van der Waals surface area contributed by atoms with Crippen molar-refractivity contribution in [3.05, 3.63) is 0 Å². The second-order valence-corrected chi connectivity index (χ2v) is 6.30. The summed E-state index contributed by atoms with van der Waals surface area (Å²) < 4.78 is 5.21. The van der Waals surface area contributed by atoms with Crippen molar-refractivity contribution in [3.63, 3.8) is 0 Å². The highest BCUT2D eigenvalue weighted by Gasteiger charge is 2.40. The van der Waals surface area contributed by atoms with Crippen molar-refractivity contribution in [2.45, 2.75) is 71.4 Å². The molecule has 0 heterocycles. The van der Waals surface area contributed by atoms with Crippen LogP contribution < -0.4 is 5.32 Å². The van der Waals surface area contributed by atoms with Crippen LogP contribution in [0.5, 0.6) is 0 Å². The third kappa shape index (κ3) is 3.72. The van der Waals surface area contributed by atoms with Crippen molar-refractivity contribution in [1.29, 1.82) is 0 Å². The Hall–Kier alpha value is -1.06. The lowest BCUT2D eigenvalue weighted by molar-refractivity contribution is -0.131. The Morgan fingerprint density at radius 2 is 1.78 bits per heavy atom. The molecule has 0 aromatic heterocycles. The van der Waals surface area contributed by atoms with Gasteiger partial charge in [0.15, 0.2) is 5.78 Å². The van der Waals surface area contributed by atoms with Crippen molar-refractivity contribution in [2.75, 3.05) is 0 Å². The summed E-state index contributed by atoms with van der Waals surface area (Å²) in [6.07, 6.45) is 3.08. The molecule has 0 aromatic carbocycles. The molecule has 1 saturated carbocycles. The molecule has 1 N–H and O–H groups in total. The molecule has 0 aromatic rings. The molecule has 0 saturated heterocycles. The summed E-state index contributed by atoms with van der Waals surface area (Å²) in [4.78, 5) is 24.1. The zero-order valence-corrected chi connectivity index (χ0v) is 12.1. The lowest BCUT2D eigenvalue weighted by Gasteiger charge is -2.35. The first-order chi connectivity index (χ1) is 8.18. The fourth-order valence-electron chi connectivity index (χ4n) is 1.97. The summed E-state index contributed by atoms with van der Waals surface area (Å²) in [5.41, 5.74) is -1.34. The number of nitrogens with one attached hydrogen (secondary N) is 1. The van der Waals surface area contributed by atoms with Gasteiger partial charge >= 0.3 is 6.09 Å². The van der Waals surface area contributed by atoms with Crippen LogP contribution in [0.25, 0.3) is 0 Å². The SMILES string of the molecule is CCC(C)(NC(=O)OC(C)(C)C)C(=O)C1CCC1. The summed E-state index contributed by atoms with van der Waals surface area (Å²) in [6, 6.07) is 0. The van der Waals surface area contributed by atoms with Gasteiger partial charge in [0, 0.05) is 5.92 Å². The van der Waals surface area contributed by atoms with Gasteiger partial charge in [-0.3, -0.25) is 4.79 Å². The minimum Gasteiger partial charge on any atom is -0.444 e. The fourth-order valence-corrected chi connectivity index (χ4v) is 1.97. The zero-order chi connectivity index (χ0) is 14.0. The van der Waals surface area contributed by atoms with Crippen LogP contribution in [0.1, 0.15) is 60.3 Å². The number of hydrogen-bond donors (Lipinski definition) is 1. The fraction of sp³-hybridized carbons (Fsp3) is 0.857. The van der Waals surface area contributed by atoms with Crippen molar-refractivity contribution in [2.24, 2.45) is 5.92 Å². The molecule has 104 valence electrons. The molecule has 0 spiro atoms. The van der Waals surface area contributed by atoms with E-state index in [1.807, 2.05) is 27.7 Å². The number of amides is 1. The van der Waals surface area contributed by atoms with Crippen LogP contribution >= 0.6 is 0 Å². The molecule has 1 unspecified atom stereocenters. The molecule has 1 fully saturated rings. The average molecular weight is 255 g/mol. The maximum atomic E-state index is 12.3. The minimum atomic E-state index is -0.798. The Bertz CT molecular complexity index is 328. The number of alkyl carbamates (subject to hydrolysis) is 1. The predicted molar refractivity (Wildman–Crippen MR) is 70.4 cm³/mol. The Kier molecular flexibility index (Phi) is 4.41. The van der Waals surface area contributed by atoms with E-state index in [9.17, 15) is 9.59 Å². The number of hydrogen-bond acceptors (Lipinski definition) is 3. The van der Waals surface area contributed by atoms with Crippen molar-refractivity contribution in [1.82, 2.24) is 5.32 Å². The van der Waals surface area contributed by atoms with Crippen LogP contribution in [-0.2, 0) is 9.53 Å². The largest absolute Gasteiger partial charge is 0.444 e. The minimum absolute atomic E-state index is 0.116. The van der Waals surface area contributed by atoms with E-state index in [-0.39, 0.29) is 11.7 Å². The third-order valence-corrected chi connectivity index (χ3v) is 3.50. The molecule has 1 amide bonds. The van der Waals surface area contributed by atoms with E-state index in [1.54, 1.807) is 6.92 Å². The topological polar surface area (TPSA) is 55.4 Å². The lowest BCUT2D eigenvalue weighted by atomic mass is 9.74. The lowest BCUT2D eigenvalue weighted by Crippen LogP contribution is -2.55. The molecule has 18 heavy (non-hydrogen) atoms.